The minimum atomic E-state index is 0.495. The Balaban J connectivity index is 0.00000211. The van der Waals surface area contributed by atoms with Gasteiger partial charge in [0.1, 0.15) is 5.82 Å². The molecule has 4 nitrogen and oxygen atoms in total. The summed E-state index contributed by atoms with van der Waals surface area (Å²) in [6, 6.07) is 1.95. The molecule has 0 radical (unpaired) electrons. The van der Waals surface area contributed by atoms with E-state index in [-0.39, 0.29) is 0 Å². The SMILES string of the molecule is C=C(/C=C\C(CC)=NC)Cc1ccnc(N)c1C=NC.CC. The summed E-state index contributed by atoms with van der Waals surface area (Å²) < 4.78 is 0. The third kappa shape index (κ3) is 6.48. The van der Waals surface area contributed by atoms with Gasteiger partial charge in [0.25, 0.3) is 0 Å². The Kier molecular flexibility index (Phi) is 10.3. The smallest absolute Gasteiger partial charge is 0.132 e. The van der Waals surface area contributed by atoms with E-state index in [4.69, 9.17) is 5.73 Å². The molecule has 2 N–H and O–H groups in total. The van der Waals surface area contributed by atoms with Crippen molar-refractivity contribution in [1.82, 2.24) is 4.98 Å². The second-order valence-electron chi connectivity index (χ2n) is 4.39. The van der Waals surface area contributed by atoms with Gasteiger partial charge in [0.2, 0.25) is 0 Å². The lowest BCUT2D eigenvalue weighted by Crippen LogP contribution is -2.02. The summed E-state index contributed by atoms with van der Waals surface area (Å²) in [6.45, 7) is 10.2. The summed E-state index contributed by atoms with van der Waals surface area (Å²) in [7, 11) is 3.52. The van der Waals surface area contributed by atoms with E-state index in [1.807, 2.05) is 32.1 Å². The van der Waals surface area contributed by atoms with Gasteiger partial charge >= 0.3 is 0 Å². The van der Waals surface area contributed by atoms with Crippen molar-refractivity contribution < 1.29 is 0 Å². The number of aliphatic imine (C=N–C) groups is 2. The Morgan fingerprint density at radius 1 is 1.32 bits per heavy atom. The zero-order chi connectivity index (χ0) is 17.0. The number of aromatic nitrogens is 1. The number of hydrogen-bond donors (Lipinski definition) is 1. The molecule has 1 rings (SSSR count). The number of nitrogen functional groups attached to an aromatic ring is 1. The number of hydrogen-bond acceptors (Lipinski definition) is 4. The van der Waals surface area contributed by atoms with Gasteiger partial charge in [-0.05, 0) is 30.5 Å². The Hall–Kier alpha value is -2.23. The van der Waals surface area contributed by atoms with Crippen molar-refractivity contribution in [3.63, 3.8) is 0 Å². The van der Waals surface area contributed by atoms with E-state index in [9.17, 15) is 0 Å². The van der Waals surface area contributed by atoms with E-state index < -0.39 is 0 Å². The van der Waals surface area contributed by atoms with Crippen molar-refractivity contribution in [2.75, 3.05) is 19.8 Å². The lowest BCUT2D eigenvalue weighted by atomic mass is 10.0. The molecule has 1 aromatic heterocycles. The number of nitrogens with zero attached hydrogens (tertiary/aromatic N) is 3. The summed E-state index contributed by atoms with van der Waals surface area (Å²) in [6.07, 6.45) is 9.07. The predicted molar refractivity (Wildman–Crippen MR) is 99.1 cm³/mol. The molecule has 0 saturated heterocycles. The molecule has 0 fully saturated rings. The van der Waals surface area contributed by atoms with Crippen LogP contribution in [0, 0.1) is 0 Å². The van der Waals surface area contributed by atoms with Gasteiger partial charge < -0.3 is 5.73 Å². The molecule has 0 atom stereocenters. The summed E-state index contributed by atoms with van der Waals surface area (Å²) >= 11 is 0. The van der Waals surface area contributed by atoms with Crippen LogP contribution in [0.25, 0.3) is 0 Å². The van der Waals surface area contributed by atoms with Gasteiger partial charge in [0.05, 0.1) is 0 Å². The molecule has 0 aliphatic rings. The highest BCUT2D eigenvalue weighted by Crippen LogP contribution is 2.16. The first-order valence-corrected chi connectivity index (χ1v) is 7.59. The molecule has 0 amide bonds. The highest BCUT2D eigenvalue weighted by atomic mass is 14.8. The van der Waals surface area contributed by atoms with Gasteiger partial charge in [-0.1, -0.05) is 39.0 Å². The van der Waals surface area contributed by atoms with Crippen molar-refractivity contribution in [2.45, 2.75) is 33.6 Å². The quantitative estimate of drug-likeness (QED) is 0.640. The summed E-state index contributed by atoms with van der Waals surface area (Å²) in [5.74, 6) is 0.495. The minimum absolute atomic E-state index is 0.495. The average molecular weight is 300 g/mol. The number of pyridine rings is 1. The molecular formula is C18H28N4. The van der Waals surface area contributed by atoms with E-state index in [0.717, 1.165) is 28.8 Å². The summed E-state index contributed by atoms with van der Waals surface area (Å²) in [5.41, 5.74) is 9.87. The van der Waals surface area contributed by atoms with E-state index >= 15 is 0 Å². The van der Waals surface area contributed by atoms with Crippen LogP contribution in [0.2, 0.25) is 0 Å². The van der Waals surface area contributed by atoms with Crippen LogP contribution in [0.1, 0.15) is 38.3 Å². The van der Waals surface area contributed by atoms with E-state index in [1.165, 1.54) is 0 Å². The molecule has 0 aliphatic carbocycles. The molecule has 0 bridgehead atoms. The maximum atomic E-state index is 5.88. The number of nitrogens with two attached hydrogens (primary N) is 1. The number of anilines is 1. The van der Waals surface area contributed by atoms with Crippen molar-refractivity contribution >= 4 is 17.7 Å². The first-order chi connectivity index (χ1) is 10.6. The summed E-state index contributed by atoms with van der Waals surface area (Å²) in [5, 5.41) is 0. The second-order valence-corrected chi connectivity index (χ2v) is 4.39. The molecule has 0 aliphatic heterocycles. The van der Waals surface area contributed by atoms with Crippen LogP contribution in [-0.2, 0) is 6.42 Å². The van der Waals surface area contributed by atoms with Crippen molar-refractivity contribution in [3.05, 3.63) is 47.7 Å². The highest BCUT2D eigenvalue weighted by molar-refractivity contribution is 5.95. The van der Waals surface area contributed by atoms with E-state index in [0.29, 0.717) is 12.2 Å². The highest BCUT2D eigenvalue weighted by Gasteiger charge is 2.05. The van der Waals surface area contributed by atoms with Crippen LogP contribution in [-0.4, -0.2) is 31.0 Å². The zero-order valence-electron chi connectivity index (χ0n) is 14.4. The molecule has 0 aromatic carbocycles. The first-order valence-electron chi connectivity index (χ1n) is 7.59. The fourth-order valence-electron chi connectivity index (χ4n) is 1.83. The van der Waals surface area contributed by atoms with Crippen molar-refractivity contribution in [1.29, 1.82) is 0 Å². The Morgan fingerprint density at radius 2 is 2.00 bits per heavy atom. The predicted octanol–water partition coefficient (Wildman–Crippen LogP) is 3.87. The van der Waals surface area contributed by atoms with Crippen LogP contribution in [0.4, 0.5) is 5.82 Å². The van der Waals surface area contributed by atoms with Crippen LogP contribution in [0.5, 0.6) is 0 Å². The normalized spacial score (nSPS) is 11.6. The molecular weight excluding hydrogens is 272 g/mol. The lowest BCUT2D eigenvalue weighted by molar-refractivity contribution is 1.17. The van der Waals surface area contributed by atoms with Crippen LogP contribution in [0.3, 0.4) is 0 Å². The fraction of sp³-hybridized carbons (Fsp3) is 0.389. The molecule has 0 spiro atoms. The van der Waals surface area contributed by atoms with Crippen LogP contribution >= 0.6 is 0 Å². The molecule has 1 heterocycles. The second kappa shape index (κ2) is 11.4. The number of rotatable bonds is 6. The first kappa shape index (κ1) is 19.8. The van der Waals surface area contributed by atoms with Gasteiger partial charge in [-0.3, -0.25) is 9.98 Å². The molecule has 0 unspecified atom stereocenters. The topological polar surface area (TPSA) is 63.6 Å². The van der Waals surface area contributed by atoms with Gasteiger partial charge in [-0.15, -0.1) is 0 Å². The van der Waals surface area contributed by atoms with Gasteiger partial charge in [-0.2, -0.15) is 0 Å². The van der Waals surface area contributed by atoms with Gasteiger partial charge in [-0.25, -0.2) is 4.98 Å². The maximum absolute atomic E-state index is 5.88. The molecule has 22 heavy (non-hydrogen) atoms. The van der Waals surface area contributed by atoms with Crippen molar-refractivity contribution in [2.24, 2.45) is 9.98 Å². The molecule has 120 valence electrons. The third-order valence-electron chi connectivity index (χ3n) is 2.95. The van der Waals surface area contributed by atoms with Gasteiger partial charge in [0, 0.05) is 37.8 Å². The van der Waals surface area contributed by atoms with Crippen LogP contribution in [0.15, 0.2) is 46.6 Å². The van der Waals surface area contributed by atoms with E-state index in [1.54, 1.807) is 26.5 Å². The summed E-state index contributed by atoms with van der Waals surface area (Å²) in [4.78, 5) is 12.3. The van der Waals surface area contributed by atoms with Crippen molar-refractivity contribution in [3.8, 4) is 0 Å². The average Bonchev–Trinajstić information content (AvgIpc) is 2.54. The Bertz CT molecular complexity index is 554. The van der Waals surface area contributed by atoms with Gasteiger partial charge in [0.15, 0.2) is 0 Å². The fourth-order valence-corrected chi connectivity index (χ4v) is 1.83. The Morgan fingerprint density at radius 3 is 2.55 bits per heavy atom. The molecule has 0 saturated carbocycles. The molecule has 4 heteroatoms. The van der Waals surface area contributed by atoms with Crippen LogP contribution < -0.4 is 5.73 Å². The van der Waals surface area contributed by atoms with E-state index in [2.05, 4.69) is 28.5 Å². The Labute approximate surface area is 134 Å². The number of allylic oxidation sites excluding steroid dienone is 3. The maximum Gasteiger partial charge on any atom is 0.132 e. The third-order valence-corrected chi connectivity index (χ3v) is 2.95. The minimum Gasteiger partial charge on any atom is -0.383 e. The standard InChI is InChI=1S/C16H22N4.C2H6/c1-5-14(19-4)7-6-12(2)10-13-8-9-20-16(17)15(13)11-18-3;1-2/h6-9,11H,2,5,10H2,1,3-4H3,(H2,17,20);1-2H3/b7-6-,18-11?,19-14?;. The lowest BCUT2D eigenvalue weighted by Gasteiger charge is -2.07. The largest absolute Gasteiger partial charge is 0.383 e. The molecule has 1 aromatic rings. The monoisotopic (exact) mass is 300 g/mol. The zero-order valence-corrected chi connectivity index (χ0v) is 14.4.